The van der Waals surface area contributed by atoms with Crippen molar-refractivity contribution in [1.82, 2.24) is 24.6 Å². The number of aliphatic hydroxyl groups is 1. The molecule has 2 amide bonds. The predicted molar refractivity (Wildman–Crippen MR) is 140 cm³/mol. The van der Waals surface area contributed by atoms with Crippen LogP contribution in [0.5, 0.6) is 0 Å². The minimum atomic E-state index is -1.29. The number of benzene rings is 1. The fourth-order valence-electron chi connectivity index (χ4n) is 5.33. The SMILES string of the molecule is C[C@@H]1Cc2nn3c(c2CN1C(=O)c1ccc(Cl)c(F)c1F)C(=O)N([C@@H](C)c1ccc(C(C)(C)O)nc1)C[C@H]3C. The van der Waals surface area contributed by atoms with Crippen molar-refractivity contribution in [2.45, 2.75) is 71.3 Å². The Morgan fingerprint density at radius 2 is 1.87 bits per heavy atom. The second-order valence-electron chi connectivity index (χ2n) is 10.9. The molecule has 2 aliphatic rings. The van der Waals surface area contributed by atoms with Crippen molar-refractivity contribution in [3.05, 3.63) is 80.9 Å². The average molecular weight is 558 g/mol. The molecular formula is C28H30ClF2N5O3. The molecule has 0 fully saturated rings. The molecule has 8 nitrogen and oxygen atoms in total. The van der Waals surface area contributed by atoms with Crippen LogP contribution in [0.15, 0.2) is 30.5 Å². The van der Waals surface area contributed by atoms with E-state index >= 15 is 0 Å². The van der Waals surface area contributed by atoms with E-state index < -0.39 is 33.7 Å². The van der Waals surface area contributed by atoms with Crippen LogP contribution in [0.3, 0.4) is 0 Å². The highest BCUT2D eigenvalue weighted by atomic mass is 35.5. The van der Waals surface area contributed by atoms with Gasteiger partial charge in [0.05, 0.1) is 40.6 Å². The number of halogens is 3. The largest absolute Gasteiger partial charge is 0.384 e. The fraction of sp³-hybridized carbons (Fsp3) is 0.429. The van der Waals surface area contributed by atoms with Gasteiger partial charge in [0, 0.05) is 30.8 Å². The maximum Gasteiger partial charge on any atom is 0.273 e. The number of nitrogens with zero attached hydrogens (tertiary/aromatic N) is 5. The molecule has 0 bridgehead atoms. The summed E-state index contributed by atoms with van der Waals surface area (Å²) >= 11 is 5.67. The number of hydrogen-bond donors (Lipinski definition) is 1. The van der Waals surface area contributed by atoms with Gasteiger partial charge < -0.3 is 14.9 Å². The Kier molecular flexibility index (Phi) is 6.75. The minimum absolute atomic E-state index is 0.0386. The Morgan fingerprint density at radius 1 is 1.15 bits per heavy atom. The molecule has 3 aromatic rings. The molecule has 0 aliphatic carbocycles. The lowest BCUT2D eigenvalue weighted by molar-refractivity contribution is 0.0571. The zero-order valence-electron chi connectivity index (χ0n) is 22.4. The van der Waals surface area contributed by atoms with E-state index in [2.05, 4.69) is 4.98 Å². The first kappa shape index (κ1) is 27.2. The van der Waals surface area contributed by atoms with Gasteiger partial charge in [-0.15, -0.1) is 0 Å². The molecule has 5 rings (SSSR count). The van der Waals surface area contributed by atoms with Gasteiger partial charge in [0.25, 0.3) is 11.8 Å². The summed E-state index contributed by atoms with van der Waals surface area (Å²) in [6, 6.07) is 5.15. The summed E-state index contributed by atoms with van der Waals surface area (Å²) in [5, 5.41) is 14.6. The molecule has 2 aromatic heterocycles. The van der Waals surface area contributed by atoms with Crippen LogP contribution in [0.2, 0.25) is 5.02 Å². The van der Waals surface area contributed by atoms with Crippen molar-refractivity contribution in [3.63, 3.8) is 0 Å². The molecular weight excluding hydrogens is 528 g/mol. The first-order chi connectivity index (χ1) is 18.3. The second kappa shape index (κ2) is 9.67. The Morgan fingerprint density at radius 3 is 2.51 bits per heavy atom. The summed E-state index contributed by atoms with van der Waals surface area (Å²) in [4.78, 5) is 34.8. The molecule has 11 heteroatoms. The lowest BCUT2D eigenvalue weighted by Crippen LogP contribution is -2.45. The molecule has 206 valence electrons. The quantitative estimate of drug-likeness (QED) is 0.465. The van der Waals surface area contributed by atoms with Crippen LogP contribution in [0.25, 0.3) is 0 Å². The van der Waals surface area contributed by atoms with Gasteiger partial charge in [-0.3, -0.25) is 19.3 Å². The van der Waals surface area contributed by atoms with E-state index in [1.807, 2.05) is 26.8 Å². The number of aromatic nitrogens is 3. The standard InChI is InChI=1S/C28H30ClF2N5O3/c1-14-10-21-19(13-34(14)26(37)18-7-8-20(29)24(31)23(18)30)25-27(38)35(12-15(2)36(25)33-21)16(3)17-6-9-22(32-11-17)28(4,5)39/h6-9,11,14-16,39H,10,12-13H2,1-5H3/t14-,15-,16+/m1/s1. The highest BCUT2D eigenvalue weighted by molar-refractivity contribution is 6.30. The maximum absolute atomic E-state index is 14.6. The third-order valence-electron chi connectivity index (χ3n) is 7.67. The van der Waals surface area contributed by atoms with Crippen LogP contribution in [-0.2, 0) is 18.6 Å². The normalized spacial score (nSPS) is 20.1. The summed E-state index contributed by atoms with van der Waals surface area (Å²) in [5.74, 6) is -3.47. The average Bonchev–Trinajstić information content (AvgIpc) is 3.27. The van der Waals surface area contributed by atoms with E-state index in [4.69, 9.17) is 16.7 Å². The minimum Gasteiger partial charge on any atom is -0.384 e. The molecule has 0 unspecified atom stereocenters. The molecule has 1 aromatic carbocycles. The fourth-order valence-corrected chi connectivity index (χ4v) is 5.48. The monoisotopic (exact) mass is 557 g/mol. The van der Waals surface area contributed by atoms with E-state index in [-0.39, 0.29) is 30.6 Å². The third-order valence-corrected chi connectivity index (χ3v) is 7.96. The van der Waals surface area contributed by atoms with Crippen molar-refractivity contribution in [2.24, 2.45) is 0 Å². The van der Waals surface area contributed by atoms with Crippen LogP contribution in [-0.4, -0.2) is 54.1 Å². The highest BCUT2D eigenvalue weighted by Crippen LogP contribution is 2.35. The highest BCUT2D eigenvalue weighted by Gasteiger charge is 2.41. The van der Waals surface area contributed by atoms with Gasteiger partial charge in [-0.2, -0.15) is 5.10 Å². The lowest BCUT2D eigenvalue weighted by Gasteiger charge is -2.37. The Hall–Kier alpha value is -3.37. The molecule has 3 atom stereocenters. The zero-order valence-corrected chi connectivity index (χ0v) is 23.1. The van der Waals surface area contributed by atoms with Crippen LogP contribution in [0, 0.1) is 11.6 Å². The van der Waals surface area contributed by atoms with Crippen LogP contribution < -0.4 is 0 Å². The molecule has 0 radical (unpaired) electrons. The van der Waals surface area contributed by atoms with E-state index in [9.17, 15) is 23.5 Å². The Bertz CT molecular complexity index is 1470. The zero-order chi connectivity index (χ0) is 28.4. The van der Waals surface area contributed by atoms with Gasteiger partial charge in [0.1, 0.15) is 11.3 Å². The number of carbonyl (C=O) groups excluding carboxylic acids is 2. The van der Waals surface area contributed by atoms with E-state index in [0.29, 0.717) is 29.9 Å². The molecule has 4 heterocycles. The number of hydrogen-bond acceptors (Lipinski definition) is 5. The Labute approximate surface area is 230 Å². The van der Waals surface area contributed by atoms with Crippen molar-refractivity contribution in [2.75, 3.05) is 6.54 Å². The van der Waals surface area contributed by atoms with Gasteiger partial charge in [0.15, 0.2) is 11.6 Å². The summed E-state index contributed by atoms with van der Waals surface area (Å²) in [5.41, 5.74) is 1.57. The maximum atomic E-state index is 14.6. The first-order valence-electron chi connectivity index (χ1n) is 12.8. The molecule has 2 aliphatic heterocycles. The molecule has 0 spiro atoms. The van der Waals surface area contributed by atoms with Gasteiger partial charge in [-0.25, -0.2) is 8.78 Å². The summed E-state index contributed by atoms with van der Waals surface area (Å²) < 4.78 is 30.4. The number of amides is 2. The number of fused-ring (bicyclic) bond motifs is 3. The summed E-state index contributed by atoms with van der Waals surface area (Å²) in [6.45, 7) is 9.48. The van der Waals surface area contributed by atoms with E-state index in [0.717, 1.165) is 17.3 Å². The summed E-state index contributed by atoms with van der Waals surface area (Å²) in [6.07, 6.45) is 2.04. The second-order valence-corrected chi connectivity index (χ2v) is 11.4. The van der Waals surface area contributed by atoms with Crippen molar-refractivity contribution >= 4 is 23.4 Å². The lowest BCUT2D eigenvalue weighted by atomic mass is 9.96. The molecule has 0 saturated carbocycles. The van der Waals surface area contributed by atoms with Crippen molar-refractivity contribution in [3.8, 4) is 0 Å². The molecule has 1 N–H and O–H groups in total. The van der Waals surface area contributed by atoms with Gasteiger partial charge in [-0.05, 0) is 58.4 Å². The van der Waals surface area contributed by atoms with Crippen LogP contribution in [0.4, 0.5) is 8.78 Å². The number of pyridine rings is 1. The van der Waals surface area contributed by atoms with Gasteiger partial charge >= 0.3 is 0 Å². The molecule has 0 saturated heterocycles. The van der Waals surface area contributed by atoms with Crippen molar-refractivity contribution < 1.29 is 23.5 Å². The van der Waals surface area contributed by atoms with Gasteiger partial charge in [-0.1, -0.05) is 17.7 Å². The number of carbonyl (C=O) groups is 2. The topological polar surface area (TPSA) is 91.6 Å². The van der Waals surface area contributed by atoms with E-state index in [1.165, 1.54) is 11.0 Å². The van der Waals surface area contributed by atoms with Crippen LogP contribution in [0.1, 0.15) is 90.1 Å². The third kappa shape index (κ3) is 4.59. The summed E-state index contributed by atoms with van der Waals surface area (Å²) in [7, 11) is 0. The van der Waals surface area contributed by atoms with Crippen molar-refractivity contribution in [1.29, 1.82) is 0 Å². The smallest absolute Gasteiger partial charge is 0.273 e. The Balaban J connectivity index is 1.46. The first-order valence-corrected chi connectivity index (χ1v) is 13.2. The number of rotatable bonds is 4. The van der Waals surface area contributed by atoms with Gasteiger partial charge in [0.2, 0.25) is 0 Å². The molecule has 39 heavy (non-hydrogen) atoms. The predicted octanol–water partition coefficient (Wildman–Crippen LogP) is 4.80. The van der Waals surface area contributed by atoms with Crippen LogP contribution >= 0.6 is 11.6 Å². The van der Waals surface area contributed by atoms with E-state index in [1.54, 1.807) is 35.7 Å².